The summed E-state index contributed by atoms with van der Waals surface area (Å²) in [4.78, 5) is 1.70. The first-order valence-corrected chi connectivity index (χ1v) is 4.45. The maximum Gasteiger partial charge on any atom is 0.272 e. The normalized spacial score (nSPS) is 26.3. The molecule has 0 bridgehead atoms. The lowest BCUT2D eigenvalue weighted by atomic mass is 10.2. The van der Waals surface area contributed by atoms with Gasteiger partial charge in [-0.05, 0) is 6.92 Å². The zero-order valence-electron chi connectivity index (χ0n) is 7.80. The molecular formula is C8H16F2N2O. The zero-order chi connectivity index (χ0) is 9.90. The van der Waals surface area contributed by atoms with E-state index in [0.29, 0.717) is 19.7 Å². The van der Waals surface area contributed by atoms with Crippen LogP contribution in [0.2, 0.25) is 0 Å². The van der Waals surface area contributed by atoms with Gasteiger partial charge in [0.1, 0.15) is 0 Å². The second kappa shape index (κ2) is 4.30. The summed E-state index contributed by atoms with van der Waals surface area (Å²) >= 11 is 0. The topological polar surface area (TPSA) is 38.5 Å². The third-order valence-corrected chi connectivity index (χ3v) is 2.08. The average molecular weight is 194 g/mol. The number of nitrogens with two attached hydrogens (primary N) is 1. The summed E-state index contributed by atoms with van der Waals surface area (Å²) in [5, 5.41) is 0. The fourth-order valence-corrected chi connectivity index (χ4v) is 1.43. The average Bonchev–Trinajstić information content (AvgIpc) is 2.03. The van der Waals surface area contributed by atoms with E-state index < -0.39 is 12.5 Å². The van der Waals surface area contributed by atoms with Gasteiger partial charge in [-0.15, -0.1) is 0 Å². The highest BCUT2D eigenvalue weighted by atomic mass is 19.3. The molecule has 1 aliphatic rings. The number of nitrogens with zero attached hydrogens (tertiary/aromatic N) is 1. The lowest BCUT2D eigenvalue weighted by Crippen LogP contribution is -2.48. The molecule has 0 saturated carbocycles. The lowest BCUT2D eigenvalue weighted by Gasteiger charge is -2.33. The van der Waals surface area contributed by atoms with Crippen LogP contribution in [0.4, 0.5) is 8.78 Å². The molecule has 1 atom stereocenters. The third-order valence-electron chi connectivity index (χ3n) is 2.08. The Bertz CT molecular complexity index is 166. The highest BCUT2D eigenvalue weighted by Crippen LogP contribution is 2.15. The van der Waals surface area contributed by atoms with E-state index in [-0.39, 0.29) is 12.6 Å². The Morgan fingerprint density at radius 3 is 2.85 bits per heavy atom. The molecule has 1 heterocycles. The molecule has 1 rings (SSSR count). The molecule has 0 spiro atoms. The lowest BCUT2D eigenvalue weighted by molar-refractivity contribution is -0.0712. The molecule has 0 aromatic rings. The van der Waals surface area contributed by atoms with Crippen molar-refractivity contribution in [2.75, 3.05) is 32.8 Å². The summed E-state index contributed by atoms with van der Waals surface area (Å²) in [7, 11) is 0. The number of morpholine rings is 1. The van der Waals surface area contributed by atoms with Crippen LogP contribution in [0.15, 0.2) is 0 Å². The quantitative estimate of drug-likeness (QED) is 0.702. The SMILES string of the molecule is CC1CN(CC(F)(F)CN)CCO1. The van der Waals surface area contributed by atoms with E-state index in [2.05, 4.69) is 0 Å². The molecule has 1 unspecified atom stereocenters. The van der Waals surface area contributed by atoms with Crippen LogP contribution in [0.5, 0.6) is 0 Å². The molecule has 3 nitrogen and oxygen atoms in total. The highest BCUT2D eigenvalue weighted by molar-refractivity contribution is 4.76. The molecule has 13 heavy (non-hydrogen) atoms. The molecule has 2 N–H and O–H groups in total. The van der Waals surface area contributed by atoms with Crippen molar-refractivity contribution < 1.29 is 13.5 Å². The molecular weight excluding hydrogens is 178 g/mol. The number of ether oxygens (including phenoxy) is 1. The molecule has 0 aromatic heterocycles. The Morgan fingerprint density at radius 1 is 1.62 bits per heavy atom. The van der Waals surface area contributed by atoms with Crippen molar-refractivity contribution in [1.82, 2.24) is 4.90 Å². The summed E-state index contributed by atoms with van der Waals surface area (Å²) in [5.74, 6) is -2.77. The Morgan fingerprint density at radius 2 is 2.31 bits per heavy atom. The van der Waals surface area contributed by atoms with Crippen molar-refractivity contribution in [3.05, 3.63) is 0 Å². The van der Waals surface area contributed by atoms with E-state index >= 15 is 0 Å². The van der Waals surface area contributed by atoms with E-state index in [1.165, 1.54) is 0 Å². The van der Waals surface area contributed by atoms with Crippen LogP contribution in [-0.4, -0.2) is 49.7 Å². The predicted molar refractivity (Wildman–Crippen MR) is 45.9 cm³/mol. The molecule has 1 fully saturated rings. The maximum absolute atomic E-state index is 12.9. The molecule has 0 aromatic carbocycles. The summed E-state index contributed by atoms with van der Waals surface area (Å²) in [6, 6.07) is 0. The van der Waals surface area contributed by atoms with Crippen LogP contribution in [-0.2, 0) is 4.74 Å². The Hall–Kier alpha value is -0.260. The van der Waals surface area contributed by atoms with Gasteiger partial charge in [0, 0.05) is 13.1 Å². The van der Waals surface area contributed by atoms with E-state index in [0.717, 1.165) is 0 Å². The largest absolute Gasteiger partial charge is 0.376 e. The zero-order valence-corrected chi connectivity index (χ0v) is 7.80. The van der Waals surface area contributed by atoms with Gasteiger partial charge in [0.2, 0.25) is 0 Å². The van der Waals surface area contributed by atoms with Crippen molar-refractivity contribution in [3.8, 4) is 0 Å². The fraction of sp³-hybridized carbons (Fsp3) is 1.00. The van der Waals surface area contributed by atoms with Crippen molar-refractivity contribution >= 4 is 0 Å². The smallest absolute Gasteiger partial charge is 0.272 e. The van der Waals surface area contributed by atoms with Gasteiger partial charge < -0.3 is 10.5 Å². The highest BCUT2D eigenvalue weighted by Gasteiger charge is 2.31. The Kier molecular flexibility index (Phi) is 3.58. The maximum atomic E-state index is 12.9. The van der Waals surface area contributed by atoms with Gasteiger partial charge in [-0.2, -0.15) is 0 Å². The molecule has 0 aliphatic carbocycles. The van der Waals surface area contributed by atoms with Crippen LogP contribution >= 0.6 is 0 Å². The number of rotatable bonds is 3. The standard InChI is InChI=1S/C8H16F2N2O/c1-7-4-12(2-3-13-7)6-8(9,10)5-11/h7H,2-6,11H2,1H3. The van der Waals surface area contributed by atoms with Crippen molar-refractivity contribution in [1.29, 1.82) is 0 Å². The van der Waals surface area contributed by atoms with Crippen LogP contribution in [0.1, 0.15) is 6.92 Å². The third kappa shape index (κ3) is 3.54. The van der Waals surface area contributed by atoms with E-state index in [9.17, 15) is 8.78 Å². The van der Waals surface area contributed by atoms with Gasteiger partial charge in [0.25, 0.3) is 5.92 Å². The molecule has 0 amide bonds. The predicted octanol–water partition coefficient (Wildman–Crippen LogP) is 0.301. The summed E-state index contributed by atoms with van der Waals surface area (Å²) < 4.78 is 31.0. The number of hydrogen-bond acceptors (Lipinski definition) is 3. The van der Waals surface area contributed by atoms with Gasteiger partial charge in [0.15, 0.2) is 0 Å². The van der Waals surface area contributed by atoms with E-state index in [1.807, 2.05) is 6.92 Å². The number of hydrogen-bond donors (Lipinski definition) is 1. The van der Waals surface area contributed by atoms with Gasteiger partial charge in [-0.1, -0.05) is 0 Å². The van der Waals surface area contributed by atoms with Crippen molar-refractivity contribution in [2.45, 2.75) is 19.0 Å². The number of halogens is 2. The van der Waals surface area contributed by atoms with Crippen LogP contribution in [0, 0.1) is 0 Å². The van der Waals surface area contributed by atoms with E-state index in [4.69, 9.17) is 10.5 Å². The minimum absolute atomic E-state index is 0.0438. The first kappa shape index (κ1) is 10.8. The first-order valence-electron chi connectivity index (χ1n) is 4.45. The minimum Gasteiger partial charge on any atom is -0.376 e. The minimum atomic E-state index is -2.77. The monoisotopic (exact) mass is 194 g/mol. The van der Waals surface area contributed by atoms with Crippen molar-refractivity contribution in [3.63, 3.8) is 0 Å². The number of alkyl halides is 2. The summed E-state index contributed by atoms with van der Waals surface area (Å²) in [6.07, 6.45) is 0.0438. The molecule has 5 heteroatoms. The first-order chi connectivity index (χ1) is 6.03. The van der Waals surface area contributed by atoms with Crippen LogP contribution in [0.25, 0.3) is 0 Å². The second-order valence-corrected chi connectivity index (χ2v) is 3.48. The Labute approximate surface area is 76.8 Å². The van der Waals surface area contributed by atoms with Gasteiger partial charge in [0.05, 0.1) is 25.8 Å². The second-order valence-electron chi connectivity index (χ2n) is 3.48. The summed E-state index contributed by atoms with van der Waals surface area (Å²) in [6.45, 7) is 2.71. The van der Waals surface area contributed by atoms with Crippen LogP contribution < -0.4 is 5.73 Å². The van der Waals surface area contributed by atoms with E-state index in [1.54, 1.807) is 4.90 Å². The van der Waals surface area contributed by atoms with Crippen LogP contribution in [0.3, 0.4) is 0 Å². The fourth-order valence-electron chi connectivity index (χ4n) is 1.43. The molecule has 78 valence electrons. The summed E-state index contributed by atoms with van der Waals surface area (Å²) in [5.41, 5.74) is 4.95. The molecule has 1 saturated heterocycles. The van der Waals surface area contributed by atoms with Gasteiger partial charge >= 0.3 is 0 Å². The Balaban J connectivity index is 2.35. The molecule has 1 aliphatic heterocycles. The molecule has 0 radical (unpaired) electrons. The van der Waals surface area contributed by atoms with Crippen molar-refractivity contribution in [2.24, 2.45) is 5.73 Å². The van der Waals surface area contributed by atoms with Gasteiger partial charge in [-0.3, -0.25) is 4.90 Å². The van der Waals surface area contributed by atoms with Gasteiger partial charge in [-0.25, -0.2) is 8.78 Å².